The summed E-state index contributed by atoms with van der Waals surface area (Å²) in [4.78, 5) is 139. The Hall–Kier alpha value is -6.95. The van der Waals surface area contributed by atoms with Crippen LogP contribution in [0.5, 0.6) is 0 Å². The molecule has 0 fully saturated rings. The molecule has 0 atom stereocenters. The van der Waals surface area contributed by atoms with E-state index in [1.165, 1.54) is 48.2 Å². The van der Waals surface area contributed by atoms with Gasteiger partial charge in [-0.05, 0) is 114 Å². The topological polar surface area (TPSA) is 645 Å². The lowest BCUT2D eigenvalue weighted by atomic mass is 10.3. The number of esters is 5. The van der Waals surface area contributed by atoms with Gasteiger partial charge in [-0.25, -0.2) is 15.0 Å². The van der Waals surface area contributed by atoms with E-state index in [1.54, 1.807) is 70.9 Å². The lowest BCUT2D eigenvalue weighted by Crippen LogP contribution is -2.32. The number of rotatable bonds is 63. The molecule has 0 aliphatic carbocycles. The smallest absolute Gasteiger partial charge is 0.331 e. The molecule has 13 N–H and O–H groups in total. The van der Waals surface area contributed by atoms with Crippen LogP contribution < -0.4 is 33.6 Å². The highest BCUT2D eigenvalue weighted by Gasteiger charge is 2.29. The number of nitrogens with one attached hydrogen (secondary N) is 3. The average molecular weight is 2070 g/mol. The molecule has 56 heteroatoms. The molecule has 0 unspecified atom stereocenters. The molecule has 135 heavy (non-hydrogen) atoms. The van der Waals surface area contributed by atoms with Crippen molar-refractivity contribution >= 4 is 142 Å². The Kier molecular flexibility index (Phi) is 72.3. The number of aromatic amines is 2. The van der Waals surface area contributed by atoms with Crippen molar-refractivity contribution < 1.29 is 127 Å². The number of H-pyrrole nitrogens is 2. The second kappa shape index (κ2) is 75.0. The summed E-state index contributed by atoms with van der Waals surface area (Å²) in [6.07, 6.45) is 9.97. The number of hydrogen-bond donors (Lipinski definition) is 10. The molecule has 0 aliphatic rings. The first-order valence-electron chi connectivity index (χ1n) is 44.2. The summed E-state index contributed by atoms with van der Waals surface area (Å²) in [5, 5.41) is 20.7. The number of methoxy groups -OCH3 is 5. The predicted octanol–water partition coefficient (Wildman–Crippen LogP) is 8.12. The predicted molar refractivity (Wildman–Crippen MR) is 518 cm³/mol. The van der Waals surface area contributed by atoms with E-state index in [4.69, 9.17) is 106 Å². The maximum atomic E-state index is 12.8. The molecule has 0 spiro atoms. The molecule has 780 valence electrons. The number of fused-ring (bicyclic) bond motifs is 3. The lowest BCUT2D eigenvalue weighted by molar-refractivity contribution is -0.141. The third kappa shape index (κ3) is 56.8. The number of aliphatic hydroxyl groups is 2. The van der Waals surface area contributed by atoms with Gasteiger partial charge in [0.25, 0.3) is 11.1 Å². The van der Waals surface area contributed by atoms with Crippen molar-refractivity contribution in [2.75, 3.05) is 247 Å². The fourth-order valence-electron chi connectivity index (χ4n) is 11.8. The fraction of sp³-hybridized carbons (Fsp3) is 0.747. The number of nitrogens with zero attached hydrogens (tertiary/aromatic N) is 14. The summed E-state index contributed by atoms with van der Waals surface area (Å²) in [6, 6.07) is 0. The van der Waals surface area contributed by atoms with Crippen molar-refractivity contribution in [2.24, 2.45) is 0 Å². The van der Waals surface area contributed by atoms with Crippen molar-refractivity contribution in [1.29, 1.82) is 0 Å². The molecular formula is C79H151Cl2N20O29P5. The Bertz CT molecular complexity index is 4610. The molecule has 0 amide bonds. The van der Waals surface area contributed by atoms with Gasteiger partial charge in [0.1, 0.15) is 5.52 Å². The molecule has 0 radical (unpaired) electrons. The Morgan fingerprint density at radius 2 is 0.689 bits per heavy atom. The lowest BCUT2D eigenvalue weighted by Gasteiger charge is -2.25. The third-order valence-corrected chi connectivity index (χ3v) is 27.7. The highest BCUT2D eigenvalue weighted by molar-refractivity contribution is 7.54. The number of imidazole rings is 3. The Morgan fingerprint density at radius 1 is 0.407 bits per heavy atom. The van der Waals surface area contributed by atoms with E-state index in [0.29, 0.717) is 243 Å². The molecule has 0 saturated heterocycles. The van der Waals surface area contributed by atoms with Crippen LogP contribution in [0.4, 0.5) is 17.8 Å². The van der Waals surface area contributed by atoms with Gasteiger partial charge in [-0.1, -0.05) is 32.9 Å². The van der Waals surface area contributed by atoms with Gasteiger partial charge < -0.3 is 136 Å². The first-order chi connectivity index (χ1) is 63.8. The number of nitrogens with two attached hydrogens (primary N) is 3. The van der Waals surface area contributed by atoms with E-state index in [9.17, 15) is 56.4 Å². The van der Waals surface area contributed by atoms with Gasteiger partial charge in [-0.3, -0.25) is 66.4 Å². The van der Waals surface area contributed by atoms with Gasteiger partial charge in [0.15, 0.2) is 33.1 Å². The van der Waals surface area contributed by atoms with E-state index in [0.717, 1.165) is 0 Å². The van der Waals surface area contributed by atoms with Gasteiger partial charge in [0.05, 0.1) is 151 Å². The quantitative estimate of drug-likeness (QED) is 0.00430. The summed E-state index contributed by atoms with van der Waals surface area (Å²) in [5.41, 5.74) is 18.2. The minimum atomic E-state index is -4.14. The second-order valence-corrected chi connectivity index (χ2v) is 39.1. The fourth-order valence-corrected chi connectivity index (χ4v) is 19.2. The first kappa shape index (κ1) is 130. The Labute approximate surface area is 801 Å². The van der Waals surface area contributed by atoms with E-state index in [2.05, 4.69) is 74.2 Å². The number of nitrogen functional groups attached to an aromatic ring is 3. The molecule has 6 aromatic heterocycles. The summed E-state index contributed by atoms with van der Waals surface area (Å²) < 4.78 is 131. The minimum Gasteiger partial charge on any atom is -0.469 e. The van der Waals surface area contributed by atoms with Gasteiger partial charge in [0, 0.05) is 123 Å². The van der Waals surface area contributed by atoms with Gasteiger partial charge in [0.2, 0.25) is 17.8 Å². The van der Waals surface area contributed by atoms with E-state index < -0.39 is 49.1 Å². The number of ether oxygens (including phenoxy) is 5. The molecule has 0 aliphatic heterocycles. The van der Waals surface area contributed by atoms with Crippen LogP contribution in [0.1, 0.15) is 141 Å². The number of carbonyl (C=O) groups excluding carboxylic acids is 5. The van der Waals surface area contributed by atoms with Gasteiger partial charge >= 0.3 is 67.8 Å². The van der Waals surface area contributed by atoms with Crippen LogP contribution in [0, 0.1) is 0 Å². The average Bonchev–Trinajstić information content (AvgIpc) is 1.67. The van der Waals surface area contributed by atoms with Crippen LogP contribution in [0.15, 0.2) is 28.6 Å². The summed E-state index contributed by atoms with van der Waals surface area (Å²) in [5.74, 6) is -0.749. The molecule has 0 aromatic carbocycles. The second-order valence-electron chi connectivity index (χ2n) is 27.8. The summed E-state index contributed by atoms with van der Waals surface area (Å²) in [6.45, 7) is 29.2. The monoisotopic (exact) mass is 2070 g/mol. The molecule has 49 nitrogen and oxygen atoms in total. The number of aromatic nitrogens is 12. The number of anilines is 3. The summed E-state index contributed by atoms with van der Waals surface area (Å²) >= 11 is 11.4. The normalized spacial score (nSPS) is 11.6. The maximum absolute atomic E-state index is 12.8. The van der Waals surface area contributed by atoms with Crippen LogP contribution in [-0.4, -0.2) is 358 Å². The van der Waals surface area contributed by atoms with E-state index in [1.807, 2.05) is 28.2 Å². The highest BCUT2D eigenvalue weighted by atomic mass is 35.5. The highest BCUT2D eigenvalue weighted by Crippen LogP contribution is 2.50. The molecular weight excluding hydrogens is 1920 g/mol. The van der Waals surface area contributed by atoms with Crippen molar-refractivity contribution in [3.8, 4) is 0 Å². The Balaban J connectivity index is 0. The number of halogens is 2. The molecule has 6 heterocycles. The maximum Gasteiger partial charge on any atom is 0.331 e. The standard InChI is InChI=1S/C18H30ClN6O5P.C18H31N6O6P.C14H23N6O6P.C13H28NO6P.C8H20NO4P.C5H9ClO2.C2H6.CH4/c1-4-29-31(27,30-5-2)12-11-24(8-6-7-14(26)28-3)9-10-25-13-21-15-16(19)22-18(20)23-17(15)25;1-4-29-31(27,30-5-2)12-11-23(8-6-7-14(25)28-3)9-10-24-13-20-15-16(24)21-18(19)22-17(15)26;1-26-10(21)3-2-4-19(7-8-27(23,24)25)5-6-20-9-16-11-12(20)17-14(15)18-13(11)22;1-4-19-21(17,20-5-2)12-10-14(9-11-15)8-6-7-13(16)18-3;1-3-12-14(11,13-4-2)8-6-9-5-7-10;1-8-5(7)3-2-4-6;1-2;/h13H,4-12H2,1-3H3,(H2,20,22,23);13H,4-12H2,1-3H3,(H3,19,21,22,26);9H,2-8H2,1H3,(H2,23,24,25)(H3,15,17,18,22);15H,4-12H2,1-3H3;9-10H,3-8H2,1-2H3;2-4H2,1H3;1-2H3;1H4. The SMILES string of the molecule is C.CC.CCOP(=O)(CCN(CCCC(=O)OC)CCn1cnc2c(=O)[nH]c(N)nc21)OCC.CCOP(=O)(CCN(CCCC(=O)OC)CCn1cnc2c(Cl)nc(N)nc21)OCC.CCOP(=O)(CCN(CCO)CCCC(=O)OC)OCC.CCOP(=O)(CCNCCO)OCC.COC(=O)CCCCl.COC(=O)CCCN(CCn1cnc2c(=O)[nH]c(N)nc21)CCP(=O)(O)O. The zero-order valence-corrected chi connectivity index (χ0v) is 86.1. The van der Waals surface area contributed by atoms with Crippen LogP contribution in [0.2, 0.25) is 5.15 Å². The van der Waals surface area contributed by atoms with Gasteiger partial charge in [-0.2, -0.15) is 19.9 Å². The zero-order chi connectivity index (χ0) is 101. The van der Waals surface area contributed by atoms with Crippen molar-refractivity contribution in [3.05, 3.63) is 44.8 Å². The van der Waals surface area contributed by atoms with Crippen molar-refractivity contribution in [2.45, 2.75) is 161 Å². The number of alkyl halides is 1. The van der Waals surface area contributed by atoms with E-state index in [-0.39, 0.29) is 129 Å². The molecule has 6 rings (SSSR count). The van der Waals surface area contributed by atoms with Crippen molar-refractivity contribution in [1.82, 2.24) is 83.5 Å². The van der Waals surface area contributed by atoms with Crippen molar-refractivity contribution in [3.63, 3.8) is 0 Å². The van der Waals surface area contributed by atoms with E-state index >= 15 is 0 Å². The molecule has 0 bridgehead atoms. The largest absolute Gasteiger partial charge is 0.469 e. The zero-order valence-electron chi connectivity index (χ0n) is 80.1. The summed E-state index contributed by atoms with van der Waals surface area (Å²) in [7, 11) is -9.73. The molecule has 6 aromatic rings. The third-order valence-electron chi connectivity index (χ3n) is 18.1. The minimum absolute atomic E-state index is 0. The van der Waals surface area contributed by atoms with Crippen LogP contribution in [-0.2, 0) is 126 Å². The van der Waals surface area contributed by atoms with Crippen LogP contribution in [0.25, 0.3) is 33.5 Å². The molecule has 0 saturated carbocycles. The van der Waals surface area contributed by atoms with Gasteiger partial charge in [-0.15, -0.1) is 11.6 Å². The Morgan fingerprint density at radius 3 is 0.970 bits per heavy atom. The first-order valence-corrected chi connectivity index (χ1v) is 53.8. The number of aliphatic hydroxyl groups excluding tert-OH is 2. The van der Waals surface area contributed by atoms with Crippen LogP contribution >= 0.6 is 61.2 Å². The number of carbonyl (C=O) groups is 5. The number of hydrogen-bond acceptors (Lipinski definition) is 42. The van der Waals surface area contributed by atoms with Crippen LogP contribution in [0.3, 0.4) is 0 Å².